The second kappa shape index (κ2) is 8.27. The number of halogens is 2. The van der Waals surface area contributed by atoms with E-state index >= 15 is 0 Å². The van der Waals surface area contributed by atoms with Crippen LogP contribution >= 0.6 is 11.6 Å². The molecule has 3 aromatic carbocycles. The quantitative estimate of drug-likeness (QED) is 0.282. The number of benzene rings is 3. The lowest BCUT2D eigenvalue weighted by Gasteiger charge is -2.10. The third-order valence-electron chi connectivity index (χ3n) is 3.48. The minimum absolute atomic E-state index is 0.0387. The molecule has 0 heterocycles. The lowest BCUT2D eigenvalue weighted by atomic mass is 10.1. The molecule has 3 rings (SSSR count). The van der Waals surface area contributed by atoms with Crippen LogP contribution in [0, 0.1) is 5.82 Å². The minimum Gasteiger partial charge on any atom is -0.335 e. The maximum Gasteiger partial charge on any atom is 0.230 e. The van der Waals surface area contributed by atoms with E-state index in [1.165, 1.54) is 12.1 Å². The Morgan fingerprint density at radius 1 is 0.885 bits per heavy atom. The average Bonchev–Trinajstić information content (AvgIpc) is 2.66. The van der Waals surface area contributed by atoms with Crippen LogP contribution in [0.2, 0.25) is 5.02 Å². The molecule has 0 fully saturated rings. The summed E-state index contributed by atoms with van der Waals surface area (Å²) in [5.74, 6) is -0.694. The van der Waals surface area contributed by atoms with E-state index in [1.807, 2.05) is 6.07 Å². The fraction of sp³-hybridized carbons (Fsp3) is 0. The molecule has 0 saturated carbocycles. The fourth-order valence-corrected chi connectivity index (χ4v) is 2.34. The fourth-order valence-electron chi connectivity index (χ4n) is 2.21. The summed E-state index contributed by atoms with van der Waals surface area (Å²) in [6, 6.07) is 21.4. The van der Waals surface area contributed by atoms with E-state index in [2.05, 4.69) is 15.8 Å². The molecular formula is C20H15ClFN3O. The number of carbonyl (C=O) groups is 1. The van der Waals surface area contributed by atoms with Crippen LogP contribution in [0.25, 0.3) is 0 Å². The molecule has 6 heteroatoms. The highest BCUT2D eigenvalue weighted by molar-refractivity contribution is 6.49. The van der Waals surface area contributed by atoms with Crippen molar-refractivity contribution in [2.75, 3.05) is 10.7 Å². The van der Waals surface area contributed by atoms with Crippen LogP contribution in [0.1, 0.15) is 10.4 Å². The normalized spacial score (nSPS) is 11.1. The maximum atomic E-state index is 13.4. The molecule has 0 radical (unpaired) electrons. The summed E-state index contributed by atoms with van der Waals surface area (Å²) >= 11 is 5.86. The molecule has 0 amide bonds. The van der Waals surface area contributed by atoms with Gasteiger partial charge in [0.25, 0.3) is 0 Å². The number of nitrogens with zero attached hydrogens (tertiary/aromatic N) is 1. The zero-order valence-electron chi connectivity index (χ0n) is 13.6. The van der Waals surface area contributed by atoms with Crippen LogP contribution in [-0.4, -0.2) is 11.6 Å². The Labute approximate surface area is 155 Å². The average molecular weight is 368 g/mol. The molecule has 3 aromatic rings. The van der Waals surface area contributed by atoms with Crippen LogP contribution in [0.15, 0.2) is 84.0 Å². The molecule has 0 aromatic heterocycles. The number of amidine groups is 1. The number of ketones is 1. The van der Waals surface area contributed by atoms with E-state index < -0.39 is 5.82 Å². The monoisotopic (exact) mass is 367 g/mol. The van der Waals surface area contributed by atoms with Crippen LogP contribution in [-0.2, 0) is 0 Å². The van der Waals surface area contributed by atoms with Gasteiger partial charge in [-0.05, 0) is 42.5 Å². The van der Waals surface area contributed by atoms with Gasteiger partial charge in [0.05, 0.1) is 5.69 Å². The van der Waals surface area contributed by atoms with Crippen LogP contribution < -0.4 is 10.7 Å². The third kappa shape index (κ3) is 4.68. The maximum absolute atomic E-state index is 13.4. The molecule has 0 unspecified atom stereocenters. The molecular weight excluding hydrogens is 353 g/mol. The molecule has 26 heavy (non-hydrogen) atoms. The van der Waals surface area contributed by atoms with Crippen molar-refractivity contribution in [3.8, 4) is 0 Å². The van der Waals surface area contributed by atoms with Gasteiger partial charge in [-0.3, -0.25) is 10.2 Å². The first-order valence-electron chi connectivity index (χ1n) is 7.83. The summed E-state index contributed by atoms with van der Waals surface area (Å²) < 4.78 is 13.4. The second-order valence-corrected chi connectivity index (χ2v) is 5.85. The number of rotatable bonds is 5. The van der Waals surface area contributed by atoms with Crippen molar-refractivity contribution in [2.45, 2.75) is 0 Å². The van der Waals surface area contributed by atoms with Crippen molar-refractivity contribution in [2.24, 2.45) is 5.10 Å². The zero-order chi connectivity index (χ0) is 18.4. The van der Waals surface area contributed by atoms with E-state index in [9.17, 15) is 9.18 Å². The minimum atomic E-state index is -0.410. The number of hydrazone groups is 1. The predicted molar refractivity (Wildman–Crippen MR) is 103 cm³/mol. The number of Topliss-reactive ketones (excluding diaryl/α,β-unsaturated/α-hetero) is 1. The molecule has 0 aliphatic heterocycles. The molecule has 2 N–H and O–H groups in total. The van der Waals surface area contributed by atoms with Gasteiger partial charge >= 0.3 is 0 Å². The van der Waals surface area contributed by atoms with E-state index in [4.69, 9.17) is 11.6 Å². The Kier molecular flexibility index (Phi) is 5.61. The van der Waals surface area contributed by atoms with Gasteiger partial charge < -0.3 is 5.32 Å². The van der Waals surface area contributed by atoms with Crippen LogP contribution in [0.4, 0.5) is 15.8 Å². The molecule has 0 aliphatic carbocycles. The number of nitrogens with one attached hydrogen (secondary N) is 2. The first kappa shape index (κ1) is 17.6. The van der Waals surface area contributed by atoms with Gasteiger partial charge in [-0.15, -0.1) is 0 Å². The number of anilines is 2. The highest BCUT2D eigenvalue weighted by atomic mass is 35.5. The van der Waals surface area contributed by atoms with Gasteiger partial charge in [0.1, 0.15) is 5.82 Å². The number of hydrogen-bond donors (Lipinski definition) is 2. The molecule has 4 nitrogen and oxygen atoms in total. The summed E-state index contributed by atoms with van der Waals surface area (Å²) in [6.45, 7) is 0. The van der Waals surface area contributed by atoms with Gasteiger partial charge in [0, 0.05) is 16.3 Å². The van der Waals surface area contributed by atoms with E-state index in [0.29, 0.717) is 22.0 Å². The number of carbonyl (C=O) groups excluding carboxylic acids is 1. The topological polar surface area (TPSA) is 53.5 Å². The zero-order valence-corrected chi connectivity index (χ0v) is 14.4. The molecule has 0 spiro atoms. The van der Waals surface area contributed by atoms with Crippen LogP contribution in [0.3, 0.4) is 0 Å². The third-order valence-corrected chi connectivity index (χ3v) is 3.73. The van der Waals surface area contributed by atoms with Crippen molar-refractivity contribution in [3.63, 3.8) is 0 Å². The second-order valence-electron chi connectivity index (χ2n) is 5.41. The van der Waals surface area contributed by atoms with E-state index in [0.717, 1.165) is 0 Å². The SMILES string of the molecule is O=C(/C(=N\Nc1ccc(Cl)cc1)Nc1cccc(F)c1)c1ccccc1. The highest BCUT2D eigenvalue weighted by Gasteiger charge is 2.15. The summed E-state index contributed by atoms with van der Waals surface area (Å²) in [5.41, 5.74) is 4.36. The first-order valence-corrected chi connectivity index (χ1v) is 8.21. The Balaban J connectivity index is 1.88. The molecule has 0 saturated heterocycles. The van der Waals surface area contributed by atoms with Gasteiger partial charge in [0.2, 0.25) is 5.78 Å². The highest BCUT2D eigenvalue weighted by Crippen LogP contribution is 2.15. The van der Waals surface area contributed by atoms with Gasteiger partial charge in [0.15, 0.2) is 5.84 Å². The van der Waals surface area contributed by atoms with Crippen molar-refractivity contribution in [3.05, 3.63) is 95.3 Å². The summed E-state index contributed by atoms with van der Waals surface area (Å²) in [5, 5.41) is 7.63. The summed E-state index contributed by atoms with van der Waals surface area (Å²) in [4.78, 5) is 12.8. The van der Waals surface area contributed by atoms with Crippen LogP contribution in [0.5, 0.6) is 0 Å². The van der Waals surface area contributed by atoms with E-state index in [-0.39, 0.29) is 11.6 Å². The summed E-state index contributed by atoms with van der Waals surface area (Å²) in [7, 11) is 0. The van der Waals surface area contributed by atoms with Gasteiger partial charge in [-0.25, -0.2) is 4.39 Å². The molecule has 130 valence electrons. The van der Waals surface area contributed by atoms with Crippen molar-refractivity contribution < 1.29 is 9.18 Å². The molecule has 0 aliphatic rings. The first-order chi connectivity index (χ1) is 12.6. The lowest BCUT2D eigenvalue weighted by molar-refractivity contribution is 0.106. The van der Waals surface area contributed by atoms with Crippen molar-refractivity contribution in [1.29, 1.82) is 0 Å². The molecule has 0 bridgehead atoms. The summed E-state index contributed by atoms with van der Waals surface area (Å²) in [6.07, 6.45) is 0. The largest absolute Gasteiger partial charge is 0.335 e. The number of hydrogen-bond acceptors (Lipinski definition) is 3. The predicted octanol–water partition coefficient (Wildman–Crippen LogP) is 5.20. The Hall–Kier alpha value is -3.18. The van der Waals surface area contributed by atoms with Gasteiger partial charge in [-0.1, -0.05) is 48.0 Å². The Bertz CT molecular complexity index is 927. The Morgan fingerprint density at radius 2 is 1.62 bits per heavy atom. The molecule has 0 atom stereocenters. The lowest BCUT2D eigenvalue weighted by Crippen LogP contribution is -2.24. The van der Waals surface area contributed by atoms with Crippen molar-refractivity contribution >= 4 is 34.6 Å². The van der Waals surface area contributed by atoms with E-state index in [1.54, 1.807) is 60.7 Å². The standard InChI is InChI=1S/C20H15ClFN3O/c21-15-9-11-17(12-10-15)24-25-20(19(26)14-5-2-1-3-6-14)23-18-8-4-7-16(22)13-18/h1-13,24H,(H,23,25). The Morgan fingerprint density at radius 3 is 2.31 bits per heavy atom. The van der Waals surface area contributed by atoms with Gasteiger partial charge in [-0.2, -0.15) is 5.10 Å². The smallest absolute Gasteiger partial charge is 0.230 e. The van der Waals surface area contributed by atoms with Crippen molar-refractivity contribution in [1.82, 2.24) is 0 Å².